The van der Waals surface area contributed by atoms with Crippen LogP contribution in [0.3, 0.4) is 0 Å². The second-order valence-electron chi connectivity index (χ2n) is 7.17. The average molecular weight is 392 g/mol. The smallest absolute Gasteiger partial charge is 0.126 e. The zero-order chi connectivity index (χ0) is 18.5. The third-order valence-corrected chi connectivity index (χ3v) is 6.97. The van der Waals surface area contributed by atoms with Gasteiger partial charge in [-0.2, -0.15) is 0 Å². The minimum Gasteiger partial charge on any atom is -0.394 e. The van der Waals surface area contributed by atoms with E-state index in [1.54, 1.807) is 17.7 Å². The first kappa shape index (κ1) is 18.1. The summed E-state index contributed by atoms with van der Waals surface area (Å²) in [5.41, 5.74) is 4.16. The summed E-state index contributed by atoms with van der Waals surface area (Å²) in [6.07, 6.45) is 1.63. The lowest BCUT2D eigenvalue weighted by Crippen LogP contribution is -2.32. The number of rotatable bonds is 4. The summed E-state index contributed by atoms with van der Waals surface area (Å²) in [6, 6.07) is 0. The minimum absolute atomic E-state index is 0.210. The number of aliphatic hydroxyl groups is 2. The van der Waals surface area contributed by atoms with E-state index in [0.29, 0.717) is 12.4 Å². The molecule has 0 amide bonds. The minimum atomic E-state index is -0.759. The largest absolute Gasteiger partial charge is 0.394 e. The van der Waals surface area contributed by atoms with Crippen LogP contribution in [0, 0.1) is 6.92 Å². The van der Waals surface area contributed by atoms with Crippen LogP contribution in [0.25, 0.3) is 20.4 Å². The molecule has 3 aromatic rings. The molecule has 1 aliphatic heterocycles. The number of hydrogen-bond acceptors (Lipinski definition) is 8. The Balaban J connectivity index is 1.90. The number of ether oxygens (including phenoxy) is 1. The van der Waals surface area contributed by atoms with Crippen molar-refractivity contribution in [3.05, 3.63) is 23.1 Å². The van der Waals surface area contributed by atoms with Gasteiger partial charge in [-0.15, -0.1) is 23.1 Å². The SMILES string of the molecule is Cc1nc2sc3c(SC[C@@H](O)CO)ncnc3c2c2c1COC(C)(C)C2. The lowest BCUT2D eigenvalue weighted by molar-refractivity contribution is -0.0400. The molecule has 138 valence electrons. The highest BCUT2D eigenvalue weighted by Crippen LogP contribution is 2.42. The molecule has 1 atom stereocenters. The van der Waals surface area contributed by atoms with E-state index >= 15 is 0 Å². The highest BCUT2D eigenvalue weighted by Gasteiger charge is 2.30. The summed E-state index contributed by atoms with van der Waals surface area (Å²) in [7, 11) is 0. The van der Waals surface area contributed by atoms with E-state index in [4.69, 9.17) is 14.8 Å². The van der Waals surface area contributed by atoms with Gasteiger partial charge in [0.05, 0.1) is 35.1 Å². The van der Waals surface area contributed by atoms with Crippen LogP contribution in [-0.2, 0) is 17.8 Å². The predicted octanol–water partition coefficient (Wildman–Crippen LogP) is 2.84. The number of hydrogen-bond donors (Lipinski definition) is 2. The van der Waals surface area contributed by atoms with Gasteiger partial charge in [0.1, 0.15) is 16.2 Å². The standard InChI is InChI=1S/C18H21N3O3S2/c1-9-12-6-24-18(2,3)4-11(12)13-14-15(26-16(13)21-9)17(20-8-19-14)25-7-10(23)5-22/h8,10,22-23H,4-7H2,1-3H3/t10-/m0/s1. The number of thioether (sulfide) groups is 1. The Morgan fingerprint density at radius 1 is 1.35 bits per heavy atom. The first-order chi connectivity index (χ1) is 12.4. The highest BCUT2D eigenvalue weighted by molar-refractivity contribution is 7.99. The number of fused-ring (bicyclic) bond motifs is 5. The molecular weight excluding hydrogens is 370 g/mol. The number of nitrogens with zero attached hydrogens (tertiary/aromatic N) is 3. The Labute approximate surface area is 159 Å². The van der Waals surface area contributed by atoms with Crippen LogP contribution in [0.5, 0.6) is 0 Å². The van der Waals surface area contributed by atoms with Crippen LogP contribution < -0.4 is 0 Å². The molecule has 0 bridgehead atoms. The topological polar surface area (TPSA) is 88.4 Å². The van der Waals surface area contributed by atoms with Crippen molar-refractivity contribution < 1.29 is 14.9 Å². The number of aromatic nitrogens is 3. The van der Waals surface area contributed by atoms with Gasteiger partial charge in [0.15, 0.2) is 0 Å². The van der Waals surface area contributed by atoms with Gasteiger partial charge in [-0.05, 0) is 26.3 Å². The lowest BCUT2D eigenvalue weighted by atomic mass is 9.89. The van der Waals surface area contributed by atoms with Crippen LogP contribution >= 0.6 is 23.1 Å². The molecule has 1 aliphatic rings. The van der Waals surface area contributed by atoms with Crippen LogP contribution in [0.4, 0.5) is 0 Å². The summed E-state index contributed by atoms with van der Waals surface area (Å²) in [6.45, 7) is 6.57. The van der Waals surface area contributed by atoms with Crippen molar-refractivity contribution in [2.24, 2.45) is 0 Å². The first-order valence-electron chi connectivity index (χ1n) is 8.51. The molecule has 0 saturated heterocycles. The maximum Gasteiger partial charge on any atom is 0.126 e. The van der Waals surface area contributed by atoms with Crippen molar-refractivity contribution in [1.82, 2.24) is 15.0 Å². The number of thiophene rings is 1. The predicted molar refractivity (Wildman–Crippen MR) is 104 cm³/mol. The molecule has 0 aromatic carbocycles. The summed E-state index contributed by atoms with van der Waals surface area (Å²) < 4.78 is 6.97. The molecule has 0 spiro atoms. The van der Waals surface area contributed by atoms with Crippen molar-refractivity contribution >= 4 is 43.5 Å². The Morgan fingerprint density at radius 3 is 2.92 bits per heavy atom. The number of aliphatic hydroxyl groups excluding tert-OH is 2. The van der Waals surface area contributed by atoms with Gasteiger partial charge in [-0.1, -0.05) is 0 Å². The molecule has 0 unspecified atom stereocenters. The van der Waals surface area contributed by atoms with Gasteiger partial charge in [-0.3, -0.25) is 0 Å². The molecule has 0 aliphatic carbocycles. The molecule has 0 saturated carbocycles. The fraction of sp³-hybridized carbons (Fsp3) is 0.500. The third kappa shape index (κ3) is 3.10. The number of pyridine rings is 1. The van der Waals surface area contributed by atoms with E-state index in [0.717, 1.165) is 37.6 Å². The van der Waals surface area contributed by atoms with Gasteiger partial charge < -0.3 is 14.9 Å². The summed E-state index contributed by atoms with van der Waals surface area (Å²) in [5, 5.41) is 20.6. The molecule has 26 heavy (non-hydrogen) atoms. The Morgan fingerprint density at radius 2 is 2.15 bits per heavy atom. The normalized spacial score (nSPS) is 17.6. The summed E-state index contributed by atoms with van der Waals surface area (Å²) >= 11 is 3.03. The zero-order valence-electron chi connectivity index (χ0n) is 14.9. The molecule has 0 radical (unpaired) electrons. The molecule has 4 rings (SSSR count). The molecule has 8 heteroatoms. The molecule has 0 fully saturated rings. The molecule has 2 N–H and O–H groups in total. The monoisotopic (exact) mass is 391 g/mol. The van der Waals surface area contributed by atoms with Crippen LogP contribution in [0.2, 0.25) is 0 Å². The second-order valence-corrected chi connectivity index (χ2v) is 9.17. The maximum atomic E-state index is 9.65. The summed E-state index contributed by atoms with van der Waals surface area (Å²) in [4.78, 5) is 14.7. The van der Waals surface area contributed by atoms with Gasteiger partial charge in [-0.25, -0.2) is 15.0 Å². The van der Waals surface area contributed by atoms with E-state index in [-0.39, 0.29) is 12.2 Å². The fourth-order valence-corrected chi connectivity index (χ4v) is 5.47. The fourth-order valence-electron chi connectivity index (χ4n) is 3.28. The number of aryl methyl sites for hydroxylation is 1. The first-order valence-corrected chi connectivity index (χ1v) is 10.3. The van der Waals surface area contributed by atoms with Gasteiger partial charge in [0.2, 0.25) is 0 Å². The Bertz CT molecular complexity index is 987. The quantitative estimate of drug-likeness (QED) is 0.522. The van der Waals surface area contributed by atoms with E-state index in [1.807, 2.05) is 6.92 Å². The molecule has 4 heterocycles. The highest BCUT2D eigenvalue weighted by atomic mass is 32.2. The van der Waals surface area contributed by atoms with E-state index in [2.05, 4.69) is 23.8 Å². The average Bonchev–Trinajstić information content (AvgIpc) is 2.97. The Hall–Kier alpha value is -1.32. The molecular formula is C18H21N3O3S2. The van der Waals surface area contributed by atoms with Crippen molar-refractivity contribution in [1.29, 1.82) is 0 Å². The van der Waals surface area contributed by atoms with E-state index in [1.165, 1.54) is 22.9 Å². The molecule has 6 nitrogen and oxygen atoms in total. The van der Waals surface area contributed by atoms with Crippen LogP contribution in [0.15, 0.2) is 11.4 Å². The lowest BCUT2D eigenvalue weighted by Gasteiger charge is -2.32. The van der Waals surface area contributed by atoms with Gasteiger partial charge in [0.25, 0.3) is 0 Å². The van der Waals surface area contributed by atoms with E-state index < -0.39 is 6.10 Å². The van der Waals surface area contributed by atoms with Crippen LogP contribution in [-0.4, -0.2) is 49.2 Å². The molecule has 3 aromatic heterocycles. The Kier molecular flexibility index (Phi) is 4.65. The van der Waals surface area contributed by atoms with Crippen molar-refractivity contribution in [2.45, 2.75) is 50.5 Å². The van der Waals surface area contributed by atoms with Crippen LogP contribution in [0.1, 0.15) is 30.7 Å². The van der Waals surface area contributed by atoms with Crippen molar-refractivity contribution in [2.75, 3.05) is 12.4 Å². The van der Waals surface area contributed by atoms with Crippen molar-refractivity contribution in [3.8, 4) is 0 Å². The maximum absolute atomic E-state index is 9.65. The zero-order valence-corrected chi connectivity index (χ0v) is 16.6. The van der Waals surface area contributed by atoms with E-state index in [9.17, 15) is 5.11 Å². The third-order valence-electron chi connectivity index (χ3n) is 4.63. The van der Waals surface area contributed by atoms with Crippen molar-refractivity contribution in [3.63, 3.8) is 0 Å². The second kappa shape index (κ2) is 6.69. The summed E-state index contributed by atoms with van der Waals surface area (Å²) in [5.74, 6) is 0.391. The van der Waals surface area contributed by atoms with Gasteiger partial charge in [0, 0.05) is 28.8 Å². The van der Waals surface area contributed by atoms with Gasteiger partial charge >= 0.3 is 0 Å².